The molecule has 4 rings (SSSR count). The Balaban J connectivity index is 1.86. The van der Waals surface area contributed by atoms with Crippen LogP contribution in [0.1, 0.15) is 18.2 Å². The van der Waals surface area contributed by atoms with Crippen LogP contribution in [0.5, 0.6) is 0 Å². The van der Waals surface area contributed by atoms with Crippen LogP contribution in [-0.4, -0.2) is 34.3 Å². The molecule has 0 radical (unpaired) electrons. The van der Waals surface area contributed by atoms with Gasteiger partial charge in [-0.1, -0.05) is 6.92 Å². The van der Waals surface area contributed by atoms with Crippen LogP contribution in [0.15, 0.2) is 42.0 Å². The van der Waals surface area contributed by atoms with Crippen LogP contribution in [0.25, 0.3) is 22.6 Å². The van der Waals surface area contributed by atoms with Gasteiger partial charge in [0.2, 0.25) is 0 Å². The molecule has 0 unspecified atom stereocenters. The second-order valence-corrected chi connectivity index (χ2v) is 5.45. The molecule has 8 heteroatoms. The molecule has 4 heterocycles. The van der Waals surface area contributed by atoms with Crippen molar-refractivity contribution in [2.45, 2.75) is 20.3 Å². The third-order valence-corrected chi connectivity index (χ3v) is 4.03. The van der Waals surface area contributed by atoms with Gasteiger partial charge >= 0.3 is 0 Å². The summed E-state index contributed by atoms with van der Waals surface area (Å²) in [4.78, 5) is 23.8. The lowest BCUT2D eigenvalue weighted by Gasteiger charge is -2.04. The second kappa shape index (κ2) is 5.41. The molecule has 0 aliphatic heterocycles. The molecule has 8 nitrogen and oxygen atoms in total. The van der Waals surface area contributed by atoms with Crippen molar-refractivity contribution in [3.05, 3.63) is 58.8 Å². The number of rotatable bonds is 3. The lowest BCUT2D eigenvalue weighted by atomic mass is 10.1. The lowest BCUT2D eigenvalue weighted by Crippen LogP contribution is -2.21. The fourth-order valence-corrected chi connectivity index (χ4v) is 2.80. The number of hydrogen-bond acceptors (Lipinski definition) is 5. The van der Waals surface area contributed by atoms with Gasteiger partial charge in [0, 0.05) is 40.8 Å². The number of nitrogens with one attached hydrogen (secondary N) is 1. The molecular weight excluding hydrogens is 306 g/mol. The Kier molecular flexibility index (Phi) is 3.23. The zero-order chi connectivity index (χ0) is 16.7. The van der Waals surface area contributed by atoms with E-state index in [1.807, 2.05) is 20.0 Å². The van der Waals surface area contributed by atoms with E-state index in [2.05, 4.69) is 25.1 Å². The second-order valence-electron chi connectivity index (χ2n) is 5.45. The van der Waals surface area contributed by atoms with Gasteiger partial charge in [-0.15, -0.1) is 0 Å². The first-order chi connectivity index (χ1) is 11.7. The summed E-state index contributed by atoms with van der Waals surface area (Å²) in [7, 11) is 0. The first kappa shape index (κ1) is 14.3. The Bertz CT molecular complexity index is 1070. The van der Waals surface area contributed by atoms with Crippen LogP contribution in [0, 0.1) is 6.92 Å². The van der Waals surface area contributed by atoms with Crippen LogP contribution in [0.3, 0.4) is 0 Å². The monoisotopic (exact) mass is 321 g/mol. The van der Waals surface area contributed by atoms with E-state index in [0.29, 0.717) is 17.9 Å². The van der Waals surface area contributed by atoms with Crippen LogP contribution >= 0.6 is 0 Å². The molecule has 120 valence electrons. The molecule has 4 aromatic rings. The van der Waals surface area contributed by atoms with Crippen molar-refractivity contribution in [2.75, 3.05) is 0 Å². The zero-order valence-electron chi connectivity index (χ0n) is 13.3. The summed E-state index contributed by atoms with van der Waals surface area (Å²) in [6, 6.07) is 1.77. The molecule has 0 spiro atoms. The topological polar surface area (TPSA) is 93.8 Å². The average Bonchev–Trinajstić information content (AvgIpc) is 3.22. The molecule has 0 aromatic carbocycles. The number of nitrogens with zero attached hydrogens (tertiary/aromatic N) is 6. The highest BCUT2D eigenvalue weighted by atomic mass is 16.1. The van der Waals surface area contributed by atoms with Crippen LogP contribution in [0.2, 0.25) is 0 Å². The minimum atomic E-state index is -0.0850. The maximum atomic E-state index is 12.5. The highest BCUT2D eigenvalue weighted by Crippen LogP contribution is 2.23. The molecule has 0 amide bonds. The Labute approximate surface area is 136 Å². The molecule has 24 heavy (non-hydrogen) atoms. The van der Waals surface area contributed by atoms with Gasteiger partial charge in [0.15, 0.2) is 5.82 Å². The Hall–Kier alpha value is -3.29. The van der Waals surface area contributed by atoms with Gasteiger partial charge in [-0.25, -0.2) is 14.6 Å². The Morgan fingerprint density at radius 2 is 2.12 bits per heavy atom. The summed E-state index contributed by atoms with van der Waals surface area (Å²) in [5.74, 6) is 0.672. The summed E-state index contributed by atoms with van der Waals surface area (Å²) < 4.78 is 3.06. The molecule has 0 aliphatic rings. The van der Waals surface area contributed by atoms with Gasteiger partial charge < -0.3 is 4.98 Å². The molecule has 1 N–H and O–H groups in total. The van der Waals surface area contributed by atoms with E-state index in [1.54, 1.807) is 29.3 Å². The Morgan fingerprint density at radius 1 is 1.25 bits per heavy atom. The van der Waals surface area contributed by atoms with Gasteiger partial charge in [-0.2, -0.15) is 14.7 Å². The SMILES string of the molecule is CCc1c(C)[nH]c2c(-c3cnn(-c4ccncn4)c3)cnn2c1=O. The molecule has 0 bridgehead atoms. The lowest BCUT2D eigenvalue weighted by molar-refractivity contribution is 0.839. The van der Waals surface area contributed by atoms with Crippen molar-refractivity contribution in [3.8, 4) is 16.9 Å². The predicted octanol–water partition coefficient (Wildman–Crippen LogP) is 1.54. The summed E-state index contributed by atoms with van der Waals surface area (Å²) in [5.41, 5.74) is 3.85. The van der Waals surface area contributed by atoms with Crippen molar-refractivity contribution in [1.29, 1.82) is 0 Å². The average molecular weight is 321 g/mol. The standard InChI is InChI=1S/C16H15N7O/c1-3-12-10(2)21-15-13(7-20-23(15)16(12)24)11-6-19-22(8-11)14-4-5-17-9-18-14/h4-9,21H,3H2,1-2H3. The quantitative estimate of drug-likeness (QED) is 0.617. The highest BCUT2D eigenvalue weighted by molar-refractivity contribution is 5.76. The normalized spacial score (nSPS) is 11.2. The number of H-pyrrole nitrogens is 1. The van der Waals surface area contributed by atoms with Crippen molar-refractivity contribution in [1.82, 2.24) is 34.3 Å². The van der Waals surface area contributed by atoms with Crippen LogP contribution in [0.4, 0.5) is 0 Å². The highest BCUT2D eigenvalue weighted by Gasteiger charge is 2.15. The molecule has 0 saturated carbocycles. The van der Waals surface area contributed by atoms with E-state index >= 15 is 0 Å². The molecular formula is C16H15N7O. The summed E-state index contributed by atoms with van der Waals surface area (Å²) in [6.07, 6.45) is 9.04. The van der Waals surface area contributed by atoms with Gasteiger partial charge in [-0.05, 0) is 13.3 Å². The maximum Gasteiger partial charge on any atom is 0.277 e. The number of aromatic nitrogens is 7. The first-order valence-corrected chi connectivity index (χ1v) is 7.60. The molecule has 0 aliphatic carbocycles. The number of aromatic amines is 1. The third-order valence-electron chi connectivity index (χ3n) is 4.03. The van der Waals surface area contributed by atoms with Gasteiger partial charge in [0.25, 0.3) is 5.56 Å². The van der Waals surface area contributed by atoms with Gasteiger partial charge in [0.1, 0.15) is 12.0 Å². The maximum absolute atomic E-state index is 12.5. The zero-order valence-corrected chi connectivity index (χ0v) is 13.3. The van der Waals surface area contributed by atoms with E-state index in [0.717, 1.165) is 22.4 Å². The molecule has 4 aromatic heterocycles. The number of aryl methyl sites for hydroxylation is 1. The molecule has 0 saturated heterocycles. The van der Waals surface area contributed by atoms with E-state index in [-0.39, 0.29) is 5.56 Å². The van der Waals surface area contributed by atoms with E-state index in [1.165, 1.54) is 10.8 Å². The van der Waals surface area contributed by atoms with Gasteiger partial charge in [0.05, 0.1) is 12.4 Å². The van der Waals surface area contributed by atoms with Crippen molar-refractivity contribution >= 4 is 5.65 Å². The van der Waals surface area contributed by atoms with Crippen molar-refractivity contribution < 1.29 is 0 Å². The van der Waals surface area contributed by atoms with E-state index < -0.39 is 0 Å². The van der Waals surface area contributed by atoms with Gasteiger partial charge in [-0.3, -0.25) is 4.79 Å². The minimum Gasteiger partial charge on any atom is -0.343 e. The number of fused-ring (bicyclic) bond motifs is 1. The first-order valence-electron chi connectivity index (χ1n) is 7.60. The van der Waals surface area contributed by atoms with E-state index in [4.69, 9.17) is 0 Å². The van der Waals surface area contributed by atoms with Crippen molar-refractivity contribution in [3.63, 3.8) is 0 Å². The summed E-state index contributed by atoms with van der Waals surface area (Å²) in [6.45, 7) is 3.86. The number of hydrogen-bond donors (Lipinski definition) is 1. The van der Waals surface area contributed by atoms with Crippen LogP contribution < -0.4 is 5.56 Å². The fourth-order valence-electron chi connectivity index (χ4n) is 2.80. The Morgan fingerprint density at radius 3 is 2.88 bits per heavy atom. The largest absolute Gasteiger partial charge is 0.343 e. The smallest absolute Gasteiger partial charge is 0.277 e. The van der Waals surface area contributed by atoms with Crippen molar-refractivity contribution in [2.24, 2.45) is 0 Å². The predicted molar refractivity (Wildman–Crippen MR) is 88.1 cm³/mol. The summed E-state index contributed by atoms with van der Waals surface area (Å²) in [5, 5.41) is 8.56. The summed E-state index contributed by atoms with van der Waals surface area (Å²) >= 11 is 0. The van der Waals surface area contributed by atoms with E-state index in [9.17, 15) is 4.79 Å². The fraction of sp³-hybridized carbons (Fsp3) is 0.188. The van der Waals surface area contributed by atoms with Crippen LogP contribution in [-0.2, 0) is 6.42 Å². The molecule has 0 atom stereocenters. The minimum absolute atomic E-state index is 0.0850. The third kappa shape index (κ3) is 2.11. The molecule has 0 fully saturated rings.